The highest BCUT2D eigenvalue weighted by molar-refractivity contribution is 5.71. The maximum Gasteiger partial charge on any atom is 0.319 e. The number of methoxy groups -OCH3 is 1. The standard InChI is InChI=1S/C17H27N3O2/c1-3-19-10-5-4-6-11-20(14-17(21)22-2)13-16-9-7-8-15(12-19)18-16/h7-9H,3-6,10-14H2,1-2H3. The third-order valence-corrected chi connectivity index (χ3v) is 4.11. The lowest BCUT2D eigenvalue weighted by atomic mass is 10.2. The van der Waals surface area contributed by atoms with Gasteiger partial charge in [0.05, 0.1) is 25.0 Å². The lowest BCUT2D eigenvalue weighted by Crippen LogP contribution is -2.32. The molecule has 5 heteroatoms. The van der Waals surface area contributed by atoms with Crippen molar-refractivity contribution in [1.82, 2.24) is 14.8 Å². The minimum atomic E-state index is -0.180. The van der Waals surface area contributed by atoms with Crippen LogP contribution in [-0.2, 0) is 22.6 Å². The van der Waals surface area contributed by atoms with E-state index in [-0.39, 0.29) is 5.97 Å². The number of hydrogen-bond donors (Lipinski definition) is 0. The fourth-order valence-corrected chi connectivity index (χ4v) is 2.82. The first kappa shape index (κ1) is 16.9. The Morgan fingerprint density at radius 2 is 1.77 bits per heavy atom. The number of esters is 1. The summed E-state index contributed by atoms with van der Waals surface area (Å²) in [5.74, 6) is -0.180. The van der Waals surface area contributed by atoms with Crippen molar-refractivity contribution in [2.75, 3.05) is 33.3 Å². The molecule has 0 spiro atoms. The molecule has 1 aromatic heterocycles. The van der Waals surface area contributed by atoms with Crippen LogP contribution in [0, 0.1) is 0 Å². The number of fused-ring (bicyclic) bond motifs is 2. The third-order valence-electron chi connectivity index (χ3n) is 4.11. The topological polar surface area (TPSA) is 45.7 Å². The molecule has 5 nitrogen and oxygen atoms in total. The van der Waals surface area contributed by atoms with Gasteiger partial charge in [0.2, 0.25) is 0 Å². The molecule has 2 bridgehead atoms. The van der Waals surface area contributed by atoms with Crippen molar-refractivity contribution in [3.05, 3.63) is 29.6 Å². The van der Waals surface area contributed by atoms with Crippen LogP contribution in [0.1, 0.15) is 37.6 Å². The van der Waals surface area contributed by atoms with Gasteiger partial charge in [-0.3, -0.25) is 19.6 Å². The van der Waals surface area contributed by atoms with E-state index in [9.17, 15) is 4.79 Å². The minimum absolute atomic E-state index is 0.180. The van der Waals surface area contributed by atoms with Gasteiger partial charge in [-0.1, -0.05) is 19.4 Å². The predicted molar refractivity (Wildman–Crippen MR) is 86.3 cm³/mol. The Bertz CT molecular complexity index is 479. The Labute approximate surface area is 133 Å². The third kappa shape index (κ3) is 5.39. The van der Waals surface area contributed by atoms with Crippen molar-refractivity contribution in [3.8, 4) is 0 Å². The zero-order chi connectivity index (χ0) is 15.8. The first-order valence-corrected chi connectivity index (χ1v) is 8.17. The van der Waals surface area contributed by atoms with Crippen molar-refractivity contribution in [2.45, 2.75) is 39.3 Å². The van der Waals surface area contributed by atoms with E-state index in [2.05, 4.69) is 28.9 Å². The summed E-state index contributed by atoms with van der Waals surface area (Å²) < 4.78 is 4.80. The second-order valence-electron chi connectivity index (χ2n) is 5.84. The van der Waals surface area contributed by atoms with Crippen LogP contribution in [0.25, 0.3) is 0 Å². The molecule has 0 saturated carbocycles. The van der Waals surface area contributed by atoms with E-state index < -0.39 is 0 Å². The van der Waals surface area contributed by atoms with E-state index in [0.29, 0.717) is 13.1 Å². The first-order chi connectivity index (χ1) is 10.7. The lowest BCUT2D eigenvalue weighted by molar-refractivity contribution is -0.142. The number of pyridine rings is 1. The quantitative estimate of drug-likeness (QED) is 0.800. The van der Waals surface area contributed by atoms with E-state index in [0.717, 1.165) is 44.0 Å². The summed E-state index contributed by atoms with van der Waals surface area (Å²) in [6.45, 7) is 7.22. The van der Waals surface area contributed by atoms with Crippen molar-refractivity contribution in [3.63, 3.8) is 0 Å². The molecular formula is C17H27N3O2. The number of carbonyl (C=O) groups is 1. The Morgan fingerprint density at radius 3 is 2.41 bits per heavy atom. The van der Waals surface area contributed by atoms with Gasteiger partial charge < -0.3 is 4.74 Å². The first-order valence-electron chi connectivity index (χ1n) is 8.17. The van der Waals surface area contributed by atoms with Gasteiger partial charge >= 0.3 is 5.97 Å². The van der Waals surface area contributed by atoms with Gasteiger partial charge in [0.25, 0.3) is 0 Å². The van der Waals surface area contributed by atoms with E-state index in [1.807, 2.05) is 6.07 Å². The maximum absolute atomic E-state index is 11.6. The Hall–Kier alpha value is -1.46. The van der Waals surface area contributed by atoms with Crippen LogP contribution in [0.5, 0.6) is 0 Å². The average Bonchev–Trinajstić information content (AvgIpc) is 2.52. The number of rotatable bonds is 3. The van der Waals surface area contributed by atoms with Crippen LogP contribution in [0.4, 0.5) is 0 Å². The highest BCUT2D eigenvalue weighted by atomic mass is 16.5. The van der Waals surface area contributed by atoms with E-state index in [1.54, 1.807) is 0 Å². The van der Waals surface area contributed by atoms with Gasteiger partial charge in [0.1, 0.15) is 0 Å². The average molecular weight is 305 g/mol. The van der Waals surface area contributed by atoms with E-state index in [1.165, 1.54) is 20.0 Å². The molecule has 2 heterocycles. The van der Waals surface area contributed by atoms with Gasteiger partial charge in [-0.15, -0.1) is 0 Å². The molecule has 0 aliphatic carbocycles. The van der Waals surface area contributed by atoms with Crippen LogP contribution in [0.15, 0.2) is 18.2 Å². The smallest absolute Gasteiger partial charge is 0.319 e. The van der Waals surface area contributed by atoms with Crippen LogP contribution >= 0.6 is 0 Å². The molecule has 0 aromatic carbocycles. The SMILES string of the molecule is CCN1CCCCCN(CC(=O)OC)Cc2cccc(n2)C1. The monoisotopic (exact) mass is 305 g/mol. The largest absolute Gasteiger partial charge is 0.468 e. The van der Waals surface area contributed by atoms with Crippen molar-refractivity contribution in [1.29, 1.82) is 0 Å². The number of nitrogens with zero attached hydrogens (tertiary/aromatic N) is 3. The van der Waals surface area contributed by atoms with Gasteiger partial charge in [0.15, 0.2) is 0 Å². The number of hydrogen-bond acceptors (Lipinski definition) is 5. The van der Waals surface area contributed by atoms with Crippen molar-refractivity contribution in [2.24, 2.45) is 0 Å². The minimum Gasteiger partial charge on any atom is -0.468 e. The normalized spacial score (nSPS) is 18.3. The van der Waals surface area contributed by atoms with E-state index in [4.69, 9.17) is 9.72 Å². The Kier molecular flexibility index (Phi) is 6.80. The molecular weight excluding hydrogens is 278 g/mol. The van der Waals surface area contributed by atoms with Crippen LogP contribution in [0.2, 0.25) is 0 Å². The second kappa shape index (κ2) is 8.86. The van der Waals surface area contributed by atoms with Gasteiger partial charge in [-0.2, -0.15) is 0 Å². The van der Waals surface area contributed by atoms with Gasteiger partial charge in [-0.05, 0) is 44.6 Å². The summed E-state index contributed by atoms with van der Waals surface area (Å²) in [5, 5.41) is 0. The summed E-state index contributed by atoms with van der Waals surface area (Å²) in [5.41, 5.74) is 2.14. The number of ether oxygens (including phenoxy) is 1. The van der Waals surface area contributed by atoms with Crippen molar-refractivity contribution >= 4 is 5.97 Å². The van der Waals surface area contributed by atoms with Crippen molar-refractivity contribution < 1.29 is 9.53 Å². The maximum atomic E-state index is 11.6. The Balaban J connectivity index is 2.12. The lowest BCUT2D eigenvalue weighted by Gasteiger charge is -2.24. The molecule has 0 saturated heterocycles. The summed E-state index contributed by atoms with van der Waals surface area (Å²) in [6, 6.07) is 6.19. The van der Waals surface area contributed by atoms with Gasteiger partial charge in [-0.25, -0.2) is 0 Å². The highest BCUT2D eigenvalue weighted by Crippen LogP contribution is 2.11. The zero-order valence-electron chi connectivity index (χ0n) is 13.8. The highest BCUT2D eigenvalue weighted by Gasteiger charge is 2.14. The molecule has 22 heavy (non-hydrogen) atoms. The molecule has 1 aliphatic rings. The van der Waals surface area contributed by atoms with Crippen LogP contribution in [0.3, 0.4) is 0 Å². The molecule has 2 rings (SSSR count). The summed E-state index contributed by atoms with van der Waals surface area (Å²) in [6.07, 6.45) is 3.49. The zero-order valence-corrected chi connectivity index (χ0v) is 13.8. The molecule has 1 aromatic rings. The number of aromatic nitrogens is 1. The molecule has 122 valence electrons. The van der Waals surface area contributed by atoms with Crippen LogP contribution < -0.4 is 0 Å². The summed E-state index contributed by atoms with van der Waals surface area (Å²) >= 11 is 0. The molecule has 0 unspecified atom stereocenters. The van der Waals surface area contributed by atoms with E-state index >= 15 is 0 Å². The fraction of sp³-hybridized carbons (Fsp3) is 0.647. The molecule has 0 amide bonds. The van der Waals surface area contributed by atoms with Gasteiger partial charge in [0, 0.05) is 13.1 Å². The van der Waals surface area contributed by atoms with Crippen LogP contribution in [-0.4, -0.2) is 54.0 Å². The summed E-state index contributed by atoms with van der Waals surface area (Å²) in [7, 11) is 1.44. The number of carbonyl (C=O) groups excluding carboxylic acids is 1. The fourth-order valence-electron chi connectivity index (χ4n) is 2.82. The second-order valence-corrected chi connectivity index (χ2v) is 5.84. The summed E-state index contributed by atoms with van der Waals surface area (Å²) in [4.78, 5) is 20.9. The molecule has 0 atom stereocenters. The molecule has 0 radical (unpaired) electrons. The predicted octanol–water partition coefficient (Wildman–Crippen LogP) is 2.06. The Morgan fingerprint density at radius 1 is 1.14 bits per heavy atom. The molecule has 0 N–H and O–H groups in total. The molecule has 0 fully saturated rings. The molecule has 1 aliphatic heterocycles.